The molecule has 118 valence electrons. The van der Waals surface area contributed by atoms with E-state index in [0.29, 0.717) is 10.8 Å². The monoisotopic (exact) mass is 324 g/mol. The number of carbonyl (C=O) groups excluding carboxylic acids is 1. The number of nitrogens with zero attached hydrogens (tertiary/aromatic N) is 1. The Morgan fingerprint density at radius 3 is 2.76 bits per heavy atom. The van der Waals surface area contributed by atoms with Crippen molar-refractivity contribution in [2.45, 2.75) is 6.18 Å². The Kier molecular flexibility index (Phi) is 6.77. The van der Waals surface area contributed by atoms with Gasteiger partial charge in [0.2, 0.25) is 5.91 Å². The summed E-state index contributed by atoms with van der Waals surface area (Å²) < 4.78 is 41.1. The lowest BCUT2D eigenvalue weighted by atomic mass is 10.3. The zero-order valence-corrected chi connectivity index (χ0v) is 12.2. The van der Waals surface area contributed by atoms with Gasteiger partial charge in [-0.25, -0.2) is 0 Å². The van der Waals surface area contributed by atoms with E-state index in [1.165, 1.54) is 11.9 Å². The van der Waals surface area contributed by atoms with Gasteiger partial charge in [-0.2, -0.15) is 13.2 Å². The van der Waals surface area contributed by atoms with Crippen molar-refractivity contribution < 1.29 is 22.7 Å². The molecule has 1 N–H and O–H groups in total. The molecule has 4 nitrogen and oxygen atoms in total. The van der Waals surface area contributed by atoms with Crippen LogP contribution in [0.5, 0.6) is 5.75 Å². The number of amides is 1. The molecule has 8 heteroatoms. The maximum absolute atomic E-state index is 11.9. The minimum absolute atomic E-state index is 0.224. The number of hydrogen-bond acceptors (Lipinski definition) is 3. The Morgan fingerprint density at radius 2 is 2.14 bits per heavy atom. The molecule has 0 radical (unpaired) electrons. The molecule has 0 aliphatic carbocycles. The maximum atomic E-state index is 11.9. The first-order valence-corrected chi connectivity index (χ1v) is 6.55. The molecule has 0 spiro atoms. The second-order valence-corrected chi connectivity index (χ2v) is 4.78. The number of alkyl halides is 3. The first kappa shape index (κ1) is 17.6. The molecule has 0 fully saturated rings. The second-order valence-electron chi connectivity index (χ2n) is 4.34. The van der Waals surface area contributed by atoms with Crippen molar-refractivity contribution >= 4 is 17.5 Å². The van der Waals surface area contributed by atoms with Gasteiger partial charge < -0.3 is 15.0 Å². The Bertz CT molecular complexity index is 469. The standard InChI is InChI=1S/C13H16ClF3N2O2/c1-19(12(20)8-18-9-13(15,16)17)5-6-21-11-4-2-3-10(14)7-11/h2-4,7,18H,5-6,8-9H2,1H3. The predicted molar refractivity (Wildman–Crippen MR) is 73.5 cm³/mol. The van der Waals surface area contributed by atoms with Crippen LogP contribution in [0.2, 0.25) is 5.02 Å². The topological polar surface area (TPSA) is 41.6 Å². The first-order chi connectivity index (χ1) is 9.78. The van der Waals surface area contributed by atoms with Crippen molar-refractivity contribution in [2.24, 2.45) is 0 Å². The van der Waals surface area contributed by atoms with Crippen molar-refractivity contribution in [2.75, 3.05) is 33.3 Å². The fourth-order valence-electron chi connectivity index (χ4n) is 1.43. The van der Waals surface area contributed by atoms with Gasteiger partial charge in [-0.1, -0.05) is 17.7 Å². The number of ether oxygens (including phenoxy) is 1. The minimum atomic E-state index is -4.32. The fraction of sp³-hybridized carbons (Fsp3) is 0.462. The third-order valence-corrected chi connectivity index (χ3v) is 2.75. The van der Waals surface area contributed by atoms with Crippen LogP contribution in [0, 0.1) is 0 Å². The van der Waals surface area contributed by atoms with Crippen molar-refractivity contribution in [1.29, 1.82) is 0 Å². The number of hydrogen-bond donors (Lipinski definition) is 1. The summed E-state index contributed by atoms with van der Waals surface area (Å²) in [5.74, 6) is 0.132. The molecule has 1 amide bonds. The summed E-state index contributed by atoms with van der Waals surface area (Å²) in [4.78, 5) is 12.8. The quantitative estimate of drug-likeness (QED) is 0.837. The van der Waals surface area contributed by atoms with Crippen LogP contribution in [0.3, 0.4) is 0 Å². The SMILES string of the molecule is CN(CCOc1cccc(Cl)c1)C(=O)CNCC(F)(F)F. The summed E-state index contributed by atoms with van der Waals surface area (Å²) in [5, 5.41) is 2.58. The fourth-order valence-corrected chi connectivity index (χ4v) is 1.61. The molecule has 0 aliphatic heterocycles. The zero-order valence-electron chi connectivity index (χ0n) is 11.4. The molecule has 0 unspecified atom stereocenters. The van der Waals surface area contributed by atoms with Crippen molar-refractivity contribution in [3.05, 3.63) is 29.3 Å². The summed E-state index contributed by atoms with van der Waals surface area (Å²) in [6.07, 6.45) is -4.32. The van der Waals surface area contributed by atoms with Crippen LogP contribution in [0.15, 0.2) is 24.3 Å². The van der Waals surface area contributed by atoms with Crippen LogP contribution < -0.4 is 10.1 Å². The molecule has 0 saturated heterocycles. The summed E-state index contributed by atoms with van der Waals surface area (Å²) >= 11 is 5.79. The Morgan fingerprint density at radius 1 is 1.43 bits per heavy atom. The zero-order chi connectivity index (χ0) is 15.9. The molecule has 0 saturated carbocycles. The molecule has 0 bridgehead atoms. The Labute approximate surface area is 125 Å². The van der Waals surface area contributed by atoms with E-state index in [1.54, 1.807) is 24.3 Å². The highest BCUT2D eigenvalue weighted by Crippen LogP contribution is 2.16. The molecule has 0 atom stereocenters. The largest absolute Gasteiger partial charge is 0.492 e. The maximum Gasteiger partial charge on any atom is 0.401 e. The van der Waals surface area contributed by atoms with E-state index in [9.17, 15) is 18.0 Å². The molecular weight excluding hydrogens is 309 g/mol. The highest BCUT2D eigenvalue weighted by atomic mass is 35.5. The third kappa shape index (κ3) is 7.77. The Balaban J connectivity index is 2.23. The van der Waals surface area contributed by atoms with E-state index >= 15 is 0 Å². The smallest absolute Gasteiger partial charge is 0.401 e. The number of carbonyl (C=O) groups is 1. The first-order valence-electron chi connectivity index (χ1n) is 6.18. The summed E-state index contributed by atoms with van der Waals surface area (Å²) in [6, 6.07) is 6.79. The van der Waals surface area contributed by atoms with Gasteiger partial charge in [0.05, 0.1) is 19.6 Å². The summed E-state index contributed by atoms with van der Waals surface area (Å²) in [5.41, 5.74) is 0. The number of nitrogens with one attached hydrogen (secondary N) is 1. The van der Waals surface area contributed by atoms with Gasteiger partial charge in [-0.3, -0.25) is 4.79 Å². The average molecular weight is 325 g/mol. The lowest BCUT2D eigenvalue weighted by Gasteiger charge is -2.18. The van der Waals surface area contributed by atoms with Crippen LogP contribution in [0.4, 0.5) is 13.2 Å². The van der Waals surface area contributed by atoms with Gasteiger partial charge in [-0.15, -0.1) is 0 Å². The molecule has 1 aromatic rings. The number of benzene rings is 1. The summed E-state index contributed by atoms with van der Waals surface area (Å²) in [6.45, 7) is -1.07. The van der Waals surface area contributed by atoms with E-state index in [0.717, 1.165) is 0 Å². The van der Waals surface area contributed by atoms with Gasteiger partial charge in [-0.05, 0) is 18.2 Å². The van der Waals surface area contributed by atoms with Crippen LogP contribution in [0.1, 0.15) is 0 Å². The minimum Gasteiger partial charge on any atom is -0.492 e. The number of halogens is 4. The highest BCUT2D eigenvalue weighted by molar-refractivity contribution is 6.30. The van der Waals surface area contributed by atoms with E-state index < -0.39 is 18.6 Å². The lowest BCUT2D eigenvalue weighted by Crippen LogP contribution is -2.40. The van der Waals surface area contributed by atoms with E-state index in [1.807, 2.05) is 5.32 Å². The molecule has 1 rings (SSSR count). The van der Waals surface area contributed by atoms with Gasteiger partial charge in [0.1, 0.15) is 12.4 Å². The third-order valence-electron chi connectivity index (χ3n) is 2.52. The van der Waals surface area contributed by atoms with Crippen molar-refractivity contribution in [1.82, 2.24) is 10.2 Å². The Hall–Kier alpha value is -1.47. The second kappa shape index (κ2) is 8.09. The van der Waals surface area contributed by atoms with E-state index in [4.69, 9.17) is 16.3 Å². The van der Waals surface area contributed by atoms with Gasteiger partial charge in [0, 0.05) is 12.1 Å². The molecule has 21 heavy (non-hydrogen) atoms. The van der Waals surface area contributed by atoms with Gasteiger partial charge in [0.15, 0.2) is 0 Å². The van der Waals surface area contributed by atoms with E-state index in [2.05, 4.69) is 0 Å². The number of likely N-dealkylation sites (N-methyl/N-ethyl adjacent to an activating group) is 1. The molecule has 1 aromatic carbocycles. The lowest BCUT2D eigenvalue weighted by molar-refractivity contribution is -0.133. The summed E-state index contributed by atoms with van der Waals surface area (Å²) in [7, 11) is 1.50. The molecular formula is C13H16ClF3N2O2. The normalized spacial score (nSPS) is 11.3. The van der Waals surface area contributed by atoms with Crippen LogP contribution in [0.25, 0.3) is 0 Å². The van der Waals surface area contributed by atoms with Gasteiger partial charge in [0.25, 0.3) is 0 Å². The predicted octanol–water partition coefficient (Wildman–Crippen LogP) is 2.33. The highest BCUT2D eigenvalue weighted by Gasteiger charge is 2.26. The number of rotatable bonds is 7. The van der Waals surface area contributed by atoms with Crippen molar-refractivity contribution in [3.8, 4) is 5.75 Å². The average Bonchev–Trinajstić information content (AvgIpc) is 2.37. The van der Waals surface area contributed by atoms with Crippen LogP contribution >= 0.6 is 11.6 Å². The van der Waals surface area contributed by atoms with E-state index in [-0.39, 0.29) is 19.7 Å². The molecule has 0 heterocycles. The van der Waals surface area contributed by atoms with Gasteiger partial charge >= 0.3 is 6.18 Å². The van der Waals surface area contributed by atoms with Crippen LogP contribution in [-0.4, -0.2) is 50.3 Å². The molecule has 0 aromatic heterocycles. The van der Waals surface area contributed by atoms with Crippen LogP contribution in [-0.2, 0) is 4.79 Å². The molecule has 0 aliphatic rings. The van der Waals surface area contributed by atoms with Crippen molar-refractivity contribution in [3.63, 3.8) is 0 Å².